The van der Waals surface area contributed by atoms with Gasteiger partial charge in [0, 0.05) is 19.3 Å². The first-order valence-electron chi connectivity index (χ1n) is 6.55. The summed E-state index contributed by atoms with van der Waals surface area (Å²) in [5.41, 5.74) is 2.11. The summed E-state index contributed by atoms with van der Waals surface area (Å²) in [6.45, 7) is 5.82. The molecule has 2 aromatic rings. The van der Waals surface area contributed by atoms with Crippen LogP contribution in [0, 0.1) is 6.92 Å². The number of nitrogens with zero attached hydrogens (tertiary/aromatic N) is 3. The van der Waals surface area contributed by atoms with Gasteiger partial charge < -0.3 is 10.2 Å². The minimum atomic E-state index is 0.776. The van der Waals surface area contributed by atoms with Crippen LogP contribution in [-0.2, 0) is 6.54 Å². The molecule has 0 saturated heterocycles. The zero-order valence-corrected chi connectivity index (χ0v) is 11.7. The number of nitrogens with one attached hydrogen (secondary N) is 1. The molecule has 0 aliphatic carbocycles. The van der Waals surface area contributed by atoms with E-state index < -0.39 is 0 Å². The van der Waals surface area contributed by atoms with Crippen molar-refractivity contribution in [1.29, 1.82) is 0 Å². The second-order valence-electron chi connectivity index (χ2n) is 4.42. The van der Waals surface area contributed by atoms with Gasteiger partial charge in [-0.3, -0.25) is 4.98 Å². The molecule has 4 nitrogen and oxygen atoms in total. The molecule has 0 aromatic carbocycles. The van der Waals surface area contributed by atoms with Gasteiger partial charge in [0.05, 0.1) is 12.2 Å². The third kappa shape index (κ3) is 3.44. The normalized spacial score (nSPS) is 10.3. The minimum Gasteiger partial charge on any atom is -0.373 e. The molecule has 0 amide bonds. The Morgan fingerprint density at radius 1 is 1.11 bits per heavy atom. The summed E-state index contributed by atoms with van der Waals surface area (Å²) in [5, 5.41) is 3.07. The van der Waals surface area contributed by atoms with Gasteiger partial charge in [0.15, 0.2) is 0 Å². The van der Waals surface area contributed by atoms with E-state index in [0.717, 1.165) is 36.1 Å². The molecule has 0 aliphatic rings. The smallest absolute Gasteiger partial charge is 0.131 e. The molecule has 19 heavy (non-hydrogen) atoms. The fraction of sp³-hybridized carbons (Fsp3) is 0.333. The molecule has 100 valence electrons. The van der Waals surface area contributed by atoms with Crippen LogP contribution in [0.5, 0.6) is 0 Å². The van der Waals surface area contributed by atoms with Crippen LogP contribution in [0.3, 0.4) is 0 Å². The van der Waals surface area contributed by atoms with Crippen molar-refractivity contribution in [3.05, 3.63) is 47.8 Å². The van der Waals surface area contributed by atoms with Crippen molar-refractivity contribution in [2.24, 2.45) is 0 Å². The average Bonchev–Trinajstić information content (AvgIpc) is 2.45. The molecule has 0 spiro atoms. The van der Waals surface area contributed by atoms with Gasteiger partial charge in [-0.25, -0.2) is 4.98 Å². The predicted molar refractivity (Wildman–Crippen MR) is 79.5 cm³/mol. The molecule has 2 aromatic heterocycles. The molecule has 0 bridgehead atoms. The Morgan fingerprint density at radius 3 is 2.58 bits per heavy atom. The monoisotopic (exact) mass is 256 g/mol. The SMILES string of the molecule is CCN(Cc1cccc(C)n1)c1cccc(NC)n1. The molecule has 0 radical (unpaired) electrons. The molecular formula is C15H20N4. The van der Waals surface area contributed by atoms with E-state index in [-0.39, 0.29) is 0 Å². The van der Waals surface area contributed by atoms with E-state index >= 15 is 0 Å². The largest absolute Gasteiger partial charge is 0.373 e. The summed E-state index contributed by atoms with van der Waals surface area (Å²) in [6, 6.07) is 12.1. The van der Waals surface area contributed by atoms with Crippen molar-refractivity contribution in [2.45, 2.75) is 20.4 Å². The Bertz CT molecular complexity index is 539. The summed E-state index contributed by atoms with van der Waals surface area (Å²) in [7, 11) is 1.88. The summed E-state index contributed by atoms with van der Waals surface area (Å²) in [4.78, 5) is 11.3. The Labute approximate surface area is 114 Å². The van der Waals surface area contributed by atoms with Crippen LogP contribution in [0.15, 0.2) is 36.4 Å². The summed E-state index contributed by atoms with van der Waals surface area (Å²) < 4.78 is 0. The van der Waals surface area contributed by atoms with Gasteiger partial charge in [-0.05, 0) is 38.1 Å². The van der Waals surface area contributed by atoms with Crippen LogP contribution in [0.25, 0.3) is 0 Å². The predicted octanol–water partition coefficient (Wildman–Crippen LogP) is 2.85. The highest BCUT2D eigenvalue weighted by Crippen LogP contribution is 2.16. The number of rotatable bonds is 5. The third-order valence-electron chi connectivity index (χ3n) is 3.00. The number of aryl methyl sites for hydroxylation is 1. The lowest BCUT2D eigenvalue weighted by Crippen LogP contribution is -2.23. The fourth-order valence-electron chi connectivity index (χ4n) is 1.98. The van der Waals surface area contributed by atoms with Gasteiger partial charge in [-0.15, -0.1) is 0 Å². The maximum absolute atomic E-state index is 4.57. The maximum atomic E-state index is 4.57. The number of aromatic nitrogens is 2. The van der Waals surface area contributed by atoms with Crippen molar-refractivity contribution in [3.63, 3.8) is 0 Å². The molecule has 2 rings (SSSR count). The molecule has 0 saturated carbocycles. The van der Waals surface area contributed by atoms with Crippen molar-refractivity contribution in [2.75, 3.05) is 23.8 Å². The molecular weight excluding hydrogens is 236 g/mol. The van der Waals surface area contributed by atoms with E-state index in [1.54, 1.807) is 0 Å². The van der Waals surface area contributed by atoms with Crippen LogP contribution in [0.1, 0.15) is 18.3 Å². The Hall–Kier alpha value is -2.10. The zero-order chi connectivity index (χ0) is 13.7. The summed E-state index contributed by atoms with van der Waals surface area (Å²) in [6.07, 6.45) is 0. The van der Waals surface area contributed by atoms with Gasteiger partial charge in [-0.1, -0.05) is 12.1 Å². The number of anilines is 2. The van der Waals surface area contributed by atoms with Crippen LogP contribution in [-0.4, -0.2) is 23.6 Å². The zero-order valence-electron chi connectivity index (χ0n) is 11.7. The lowest BCUT2D eigenvalue weighted by Gasteiger charge is -2.22. The van der Waals surface area contributed by atoms with Crippen molar-refractivity contribution in [3.8, 4) is 0 Å². The first kappa shape index (κ1) is 13.3. The number of hydrogen-bond acceptors (Lipinski definition) is 4. The maximum Gasteiger partial charge on any atom is 0.131 e. The van der Waals surface area contributed by atoms with Crippen molar-refractivity contribution < 1.29 is 0 Å². The van der Waals surface area contributed by atoms with Crippen molar-refractivity contribution in [1.82, 2.24) is 9.97 Å². The van der Waals surface area contributed by atoms with Crippen LogP contribution in [0.2, 0.25) is 0 Å². The van der Waals surface area contributed by atoms with Gasteiger partial charge in [-0.2, -0.15) is 0 Å². The van der Waals surface area contributed by atoms with E-state index in [9.17, 15) is 0 Å². The Balaban J connectivity index is 2.19. The summed E-state index contributed by atoms with van der Waals surface area (Å²) in [5.74, 6) is 1.85. The molecule has 2 heterocycles. The highest BCUT2D eigenvalue weighted by molar-refractivity contribution is 5.46. The van der Waals surface area contributed by atoms with Crippen LogP contribution >= 0.6 is 0 Å². The lowest BCUT2D eigenvalue weighted by atomic mass is 10.3. The van der Waals surface area contributed by atoms with Gasteiger partial charge in [0.25, 0.3) is 0 Å². The van der Waals surface area contributed by atoms with E-state index in [4.69, 9.17) is 0 Å². The fourth-order valence-corrected chi connectivity index (χ4v) is 1.98. The van der Waals surface area contributed by atoms with Gasteiger partial charge in [0.1, 0.15) is 11.6 Å². The molecule has 0 atom stereocenters. The quantitative estimate of drug-likeness (QED) is 0.893. The van der Waals surface area contributed by atoms with E-state index in [2.05, 4.69) is 33.2 Å². The standard InChI is InChI=1S/C15H20N4/c1-4-19(11-13-8-5-7-12(2)17-13)15-10-6-9-14(16-3)18-15/h5-10H,4,11H2,1-3H3,(H,16,18). The average molecular weight is 256 g/mol. The third-order valence-corrected chi connectivity index (χ3v) is 3.00. The van der Waals surface area contributed by atoms with E-state index in [0.29, 0.717) is 0 Å². The molecule has 4 heteroatoms. The Kier molecular flexibility index (Phi) is 4.34. The second kappa shape index (κ2) is 6.18. The van der Waals surface area contributed by atoms with Crippen LogP contribution in [0.4, 0.5) is 11.6 Å². The summed E-state index contributed by atoms with van der Waals surface area (Å²) >= 11 is 0. The highest BCUT2D eigenvalue weighted by atomic mass is 15.2. The molecule has 0 aliphatic heterocycles. The van der Waals surface area contributed by atoms with Gasteiger partial charge in [0.2, 0.25) is 0 Å². The Morgan fingerprint density at radius 2 is 1.89 bits per heavy atom. The molecule has 1 N–H and O–H groups in total. The van der Waals surface area contributed by atoms with E-state index in [1.807, 2.05) is 44.3 Å². The molecule has 0 unspecified atom stereocenters. The first-order chi connectivity index (χ1) is 9.22. The minimum absolute atomic E-state index is 0.776. The lowest BCUT2D eigenvalue weighted by molar-refractivity contribution is 0.791. The van der Waals surface area contributed by atoms with Crippen LogP contribution < -0.4 is 10.2 Å². The number of hydrogen-bond donors (Lipinski definition) is 1. The molecule has 0 fully saturated rings. The first-order valence-corrected chi connectivity index (χ1v) is 6.55. The topological polar surface area (TPSA) is 41.1 Å². The van der Waals surface area contributed by atoms with Gasteiger partial charge >= 0.3 is 0 Å². The van der Waals surface area contributed by atoms with E-state index in [1.165, 1.54) is 0 Å². The van der Waals surface area contributed by atoms with Crippen molar-refractivity contribution >= 4 is 11.6 Å². The second-order valence-corrected chi connectivity index (χ2v) is 4.42. The highest BCUT2D eigenvalue weighted by Gasteiger charge is 2.08. The number of pyridine rings is 2.